The molecule has 0 aliphatic carbocycles. The number of nitrogens with one attached hydrogen (secondary N) is 1. The minimum absolute atomic E-state index is 0.251. The molecule has 0 heterocycles. The zero-order valence-corrected chi connectivity index (χ0v) is 14.1. The Labute approximate surface area is 98.5 Å². The van der Waals surface area contributed by atoms with Gasteiger partial charge < -0.3 is 4.98 Å². The lowest BCUT2D eigenvalue weighted by molar-refractivity contribution is 0.484. The maximum absolute atomic E-state index is 3.79. The van der Waals surface area contributed by atoms with Crippen LogP contribution in [0.3, 0.4) is 0 Å². The summed E-state index contributed by atoms with van der Waals surface area (Å²) in [5.41, 5.74) is 4.23. The zero-order chi connectivity index (χ0) is 12.5. The van der Waals surface area contributed by atoms with Crippen molar-refractivity contribution in [3.05, 3.63) is 11.4 Å². The fourth-order valence-corrected chi connectivity index (χ4v) is 4.05. The molecule has 0 amide bonds. The highest BCUT2D eigenvalue weighted by molar-refractivity contribution is 6.81. The van der Waals surface area contributed by atoms with Crippen LogP contribution >= 0.6 is 0 Å². The molecular formula is C12H29NSi2. The van der Waals surface area contributed by atoms with Crippen LogP contribution < -0.4 is 4.98 Å². The first-order valence-corrected chi connectivity index (χ1v) is 12.9. The lowest BCUT2D eigenvalue weighted by atomic mass is 9.94. The normalized spacial score (nSPS) is 15.4. The second-order valence-corrected chi connectivity index (χ2v) is 17.3. The Bertz CT molecular complexity index is 236. The Morgan fingerprint density at radius 2 is 1.33 bits per heavy atom. The van der Waals surface area contributed by atoms with Crippen molar-refractivity contribution in [2.75, 3.05) is 0 Å². The summed E-state index contributed by atoms with van der Waals surface area (Å²) in [5.74, 6) is 0. The Morgan fingerprint density at radius 1 is 0.933 bits per heavy atom. The van der Waals surface area contributed by atoms with Crippen molar-refractivity contribution in [1.82, 2.24) is 4.98 Å². The van der Waals surface area contributed by atoms with E-state index in [0.717, 1.165) is 0 Å². The quantitative estimate of drug-likeness (QED) is 0.732. The molecule has 0 atom stereocenters. The monoisotopic (exact) mass is 243 g/mol. The lowest BCUT2D eigenvalue weighted by Crippen LogP contribution is -2.44. The van der Waals surface area contributed by atoms with Gasteiger partial charge in [-0.2, -0.15) is 0 Å². The van der Waals surface area contributed by atoms with Crippen LogP contribution in [-0.2, 0) is 0 Å². The third kappa shape index (κ3) is 7.85. The minimum atomic E-state index is -1.23. The van der Waals surface area contributed by atoms with E-state index in [1.807, 2.05) is 0 Å². The van der Waals surface area contributed by atoms with E-state index >= 15 is 0 Å². The molecule has 90 valence electrons. The zero-order valence-electron chi connectivity index (χ0n) is 12.1. The molecule has 0 fully saturated rings. The van der Waals surface area contributed by atoms with Gasteiger partial charge in [-0.15, -0.1) is 0 Å². The molecule has 0 radical (unpaired) electrons. The summed E-state index contributed by atoms with van der Waals surface area (Å²) in [7, 11) is -2.36. The highest BCUT2D eigenvalue weighted by Gasteiger charge is 2.25. The lowest BCUT2D eigenvalue weighted by Gasteiger charge is -2.33. The van der Waals surface area contributed by atoms with Gasteiger partial charge in [0.2, 0.25) is 0 Å². The molecule has 0 aromatic heterocycles. The summed E-state index contributed by atoms with van der Waals surface area (Å²) in [5, 5.41) is 0. The molecule has 0 saturated heterocycles. The largest absolute Gasteiger partial charge is 0.414 e. The maximum atomic E-state index is 3.79. The second kappa shape index (κ2) is 4.46. The van der Waals surface area contributed by atoms with E-state index in [1.54, 1.807) is 0 Å². The summed E-state index contributed by atoms with van der Waals surface area (Å²) in [6, 6.07) is 0. The van der Waals surface area contributed by atoms with Crippen molar-refractivity contribution in [3.63, 3.8) is 0 Å². The van der Waals surface area contributed by atoms with E-state index in [0.29, 0.717) is 0 Å². The number of rotatable bonds is 3. The van der Waals surface area contributed by atoms with Gasteiger partial charge >= 0.3 is 0 Å². The van der Waals surface area contributed by atoms with E-state index < -0.39 is 16.3 Å². The SMILES string of the molecule is CC(C)(C)/C(=C\[Si](C)(C)C)N[Si](C)(C)C. The fourth-order valence-electron chi connectivity index (χ4n) is 1.28. The number of hydrogen-bond donors (Lipinski definition) is 1. The van der Waals surface area contributed by atoms with Crippen molar-refractivity contribution in [3.8, 4) is 0 Å². The average molecular weight is 244 g/mol. The highest BCUT2D eigenvalue weighted by atomic mass is 28.3. The highest BCUT2D eigenvalue weighted by Crippen LogP contribution is 2.26. The van der Waals surface area contributed by atoms with Gasteiger partial charge in [0.15, 0.2) is 0 Å². The van der Waals surface area contributed by atoms with E-state index in [4.69, 9.17) is 0 Å². The molecular weight excluding hydrogens is 214 g/mol. The molecule has 0 aliphatic heterocycles. The van der Waals surface area contributed by atoms with Crippen molar-refractivity contribution in [2.24, 2.45) is 5.41 Å². The van der Waals surface area contributed by atoms with Gasteiger partial charge in [0.25, 0.3) is 0 Å². The van der Waals surface area contributed by atoms with E-state index in [2.05, 4.69) is 70.7 Å². The van der Waals surface area contributed by atoms with Crippen LogP contribution in [0.5, 0.6) is 0 Å². The number of hydrogen-bond acceptors (Lipinski definition) is 1. The predicted molar refractivity (Wildman–Crippen MR) is 77.4 cm³/mol. The van der Waals surface area contributed by atoms with Gasteiger partial charge in [0.05, 0.1) is 8.07 Å². The molecule has 0 saturated carbocycles. The molecule has 15 heavy (non-hydrogen) atoms. The summed E-state index contributed by atoms with van der Waals surface area (Å²) < 4.78 is 0. The van der Waals surface area contributed by atoms with Crippen molar-refractivity contribution >= 4 is 16.3 Å². The van der Waals surface area contributed by atoms with Crippen molar-refractivity contribution in [2.45, 2.75) is 60.1 Å². The van der Waals surface area contributed by atoms with E-state index in [-0.39, 0.29) is 5.41 Å². The molecule has 1 N–H and O–H groups in total. The van der Waals surface area contributed by atoms with Gasteiger partial charge in [0.1, 0.15) is 8.24 Å². The van der Waals surface area contributed by atoms with Crippen LogP contribution in [0, 0.1) is 5.41 Å². The second-order valence-electron chi connectivity index (χ2n) is 7.55. The summed E-state index contributed by atoms with van der Waals surface area (Å²) in [6.45, 7) is 21.1. The van der Waals surface area contributed by atoms with E-state index in [1.165, 1.54) is 5.70 Å². The molecule has 0 unspecified atom stereocenters. The first-order chi connectivity index (χ1) is 6.31. The smallest absolute Gasteiger partial charge is 0.143 e. The molecule has 0 rings (SSSR count). The van der Waals surface area contributed by atoms with Crippen molar-refractivity contribution < 1.29 is 0 Å². The Hall–Kier alpha value is -0.0262. The van der Waals surface area contributed by atoms with Crippen LogP contribution in [0.1, 0.15) is 20.8 Å². The molecule has 0 spiro atoms. The first kappa shape index (κ1) is 15.0. The van der Waals surface area contributed by atoms with Crippen LogP contribution in [0.4, 0.5) is 0 Å². The minimum Gasteiger partial charge on any atom is -0.414 e. The summed E-state index contributed by atoms with van der Waals surface area (Å²) >= 11 is 0. The maximum Gasteiger partial charge on any atom is 0.143 e. The average Bonchev–Trinajstić information content (AvgIpc) is 1.75. The number of allylic oxidation sites excluding steroid dienone is 1. The fraction of sp³-hybridized carbons (Fsp3) is 0.833. The van der Waals surface area contributed by atoms with Crippen molar-refractivity contribution in [1.29, 1.82) is 0 Å². The van der Waals surface area contributed by atoms with Crippen LogP contribution in [0.15, 0.2) is 11.4 Å². The third-order valence-electron chi connectivity index (χ3n) is 1.90. The molecule has 0 bridgehead atoms. The molecule has 1 nitrogen and oxygen atoms in total. The summed E-state index contributed by atoms with van der Waals surface area (Å²) in [6.07, 6.45) is 0. The van der Waals surface area contributed by atoms with E-state index in [9.17, 15) is 0 Å². The van der Waals surface area contributed by atoms with Crippen LogP contribution in [0.25, 0.3) is 0 Å². The standard InChI is InChI=1S/C12H29NSi2/c1-12(2,3)11(10-14(4,5)6)13-15(7,8)9/h10,13H,1-9H3/b11-10+. The molecule has 0 aromatic rings. The van der Waals surface area contributed by atoms with Gasteiger partial charge in [-0.05, 0) is 0 Å². The van der Waals surface area contributed by atoms with Crippen LogP contribution in [0.2, 0.25) is 39.3 Å². The molecule has 3 heteroatoms. The predicted octanol–water partition coefficient (Wildman–Crippen LogP) is 4.22. The Balaban J connectivity index is 5.02. The van der Waals surface area contributed by atoms with Gasteiger partial charge in [0, 0.05) is 11.1 Å². The Morgan fingerprint density at radius 3 is 1.53 bits per heavy atom. The first-order valence-electron chi connectivity index (χ1n) is 5.83. The van der Waals surface area contributed by atoms with Gasteiger partial charge in [-0.1, -0.05) is 65.8 Å². The molecule has 0 aliphatic rings. The van der Waals surface area contributed by atoms with Gasteiger partial charge in [-0.3, -0.25) is 0 Å². The molecule has 0 aromatic carbocycles. The van der Waals surface area contributed by atoms with Gasteiger partial charge in [-0.25, -0.2) is 0 Å². The third-order valence-corrected chi connectivity index (χ3v) is 4.07. The topological polar surface area (TPSA) is 12.0 Å². The van der Waals surface area contributed by atoms with Crippen LogP contribution in [-0.4, -0.2) is 16.3 Å². The summed E-state index contributed by atoms with van der Waals surface area (Å²) in [4.78, 5) is 3.79. The Kier molecular flexibility index (Phi) is 4.45.